The van der Waals surface area contributed by atoms with Crippen molar-refractivity contribution in [2.45, 2.75) is 44.6 Å². The van der Waals surface area contributed by atoms with Gasteiger partial charge < -0.3 is 4.90 Å². The van der Waals surface area contributed by atoms with Crippen molar-refractivity contribution in [3.63, 3.8) is 0 Å². The van der Waals surface area contributed by atoms with Gasteiger partial charge in [0.25, 0.3) is 0 Å². The highest BCUT2D eigenvalue weighted by atomic mass is 32.2. The van der Waals surface area contributed by atoms with Gasteiger partial charge in [0.1, 0.15) is 6.17 Å². The quantitative estimate of drug-likeness (QED) is 0.905. The van der Waals surface area contributed by atoms with Gasteiger partial charge in [-0.2, -0.15) is 11.8 Å². The molecule has 1 aromatic rings. The highest BCUT2D eigenvalue weighted by Crippen LogP contribution is 2.27. The molecule has 1 saturated heterocycles. The summed E-state index contributed by atoms with van der Waals surface area (Å²) in [4.78, 5) is 14.3. The average molecular weight is 292 g/mol. The molecule has 0 saturated carbocycles. The number of rotatable bonds is 5. The fourth-order valence-corrected chi connectivity index (χ4v) is 2.91. The number of carbonyl (C=O) groups is 1. The molecule has 110 valence electrons. The molecule has 3 nitrogen and oxygen atoms in total. The van der Waals surface area contributed by atoms with E-state index in [4.69, 9.17) is 0 Å². The van der Waals surface area contributed by atoms with Crippen LogP contribution in [0.1, 0.15) is 37.6 Å². The van der Waals surface area contributed by atoms with Gasteiger partial charge in [0.15, 0.2) is 0 Å². The molecule has 4 heteroatoms. The maximum atomic E-state index is 12.3. The Morgan fingerprint density at radius 3 is 2.85 bits per heavy atom. The molecule has 1 aliphatic heterocycles. The van der Waals surface area contributed by atoms with Gasteiger partial charge in [0.2, 0.25) is 5.91 Å². The lowest BCUT2D eigenvalue weighted by atomic mass is 10.1. The molecule has 1 N–H and O–H groups in total. The normalized spacial score (nSPS) is 24.2. The van der Waals surface area contributed by atoms with E-state index in [9.17, 15) is 4.79 Å². The van der Waals surface area contributed by atoms with Crippen LogP contribution >= 0.6 is 11.8 Å². The van der Waals surface area contributed by atoms with E-state index in [2.05, 4.69) is 49.7 Å². The summed E-state index contributed by atoms with van der Waals surface area (Å²) in [6.07, 6.45) is 3.17. The Hall–Kier alpha value is -1.00. The summed E-state index contributed by atoms with van der Waals surface area (Å²) in [6, 6.07) is 8.31. The minimum absolute atomic E-state index is 0.0199. The molecule has 3 unspecified atom stereocenters. The minimum atomic E-state index is -0.0925. The first-order valence-electron chi connectivity index (χ1n) is 7.19. The molecule has 0 spiro atoms. The van der Waals surface area contributed by atoms with Crippen LogP contribution in [0, 0.1) is 6.92 Å². The van der Waals surface area contributed by atoms with E-state index in [-0.39, 0.29) is 18.1 Å². The van der Waals surface area contributed by atoms with Crippen LogP contribution in [0.25, 0.3) is 0 Å². The van der Waals surface area contributed by atoms with E-state index in [1.54, 1.807) is 0 Å². The first-order valence-corrected chi connectivity index (χ1v) is 8.47. The highest BCUT2D eigenvalue weighted by Gasteiger charge is 2.36. The van der Waals surface area contributed by atoms with Gasteiger partial charge in [0, 0.05) is 11.8 Å². The zero-order valence-electron chi connectivity index (χ0n) is 12.7. The number of hydrogen-bond acceptors (Lipinski definition) is 3. The maximum Gasteiger partial charge on any atom is 0.241 e. The van der Waals surface area contributed by atoms with E-state index >= 15 is 0 Å². The third-order valence-corrected chi connectivity index (χ3v) is 4.95. The summed E-state index contributed by atoms with van der Waals surface area (Å²) in [5, 5.41) is 3.99. The second-order valence-electron chi connectivity index (χ2n) is 5.57. The smallest absolute Gasteiger partial charge is 0.241 e. The van der Waals surface area contributed by atoms with E-state index in [0.29, 0.717) is 5.25 Å². The van der Waals surface area contributed by atoms with Crippen molar-refractivity contribution >= 4 is 17.7 Å². The van der Waals surface area contributed by atoms with Crippen molar-refractivity contribution in [3.8, 4) is 0 Å². The van der Waals surface area contributed by atoms with Crippen LogP contribution in [0.3, 0.4) is 0 Å². The van der Waals surface area contributed by atoms with Crippen molar-refractivity contribution in [1.29, 1.82) is 0 Å². The number of carbonyl (C=O) groups excluding carboxylic acids is 1. The van der Waals surface area contributed by atoms with E-state index in [1.807, 2.05) is 23.6 Å². The third-order valence-electron chi connectivity index (χ3n) is 3.91. The molecule has 1 fully saturated rings. The standard InChI is InChI=1S/C16H24N2OS/c1-11-6-5-7-14(10-11)15-17-13(3)16(19)18(15)9-8-12(2)20-4/h5-7,10,12-13,15,17H,8-9H2,1-4H3. The number of thioether (sulfide) groups is 1. The second kappa shape index (κ2) is 6.64. The SMILES string of the molecule is CSC(C)CCN1C(=O)C(C)NC1c1cccc(C)c1. The molecule has 1 aliphatic rings. The molecular weight excluding hydrogens is 268 g/mol. The van der Waals surface area contributed by atoms with Crippen molar-refractivity contribution < 1.29 is 4.79 Å². The van der Waals surface area contributed by atoms with Crippen LogP contribution in [0.15, 0.2) is 24.3 Å². The van der Waals surface area contributed by atoms with E-state index < -0.39 is 0 Å². The summed E-state index contributed by atoms with van der Waals surface area (Å²) in [5.74, 6) is 0.213. The lowest BCUT2D eigenvalue weighted by molar-refractivity contribution is -0.129. The highest BCUT2D eigenvalue weighted by molar-refractivity contribution is 7.99. The zero-order valence-corrected chi connectivity index (χ0v) is 13.5. The fraction of sp³-hybridized carbons (Fsp3) is 0.562. The van der Waals surface area contributed by atoms with Gasteiger partial charge in [-0.15, -0.1) is 0 Å². The molecule has 0 aromatic heterocycles. The van der Waals surface area contributed by atoms with Gasteiger partial charge in [-0.25, -0.2) is 0 Å². The summed E-state index contributed by atoms with van der Waals surface area (Å²) in [6.45, 7) is 7.06. The second-order valence-corrected chi connectivity index (χ2v) is 6.85. The number of amides is 1. The molecular formula is C16H24N2OS. The lowest BCUT2D eigenvalue weighted by Crippen LogP contribution is -2.32. The van der Waals surface area contributed by atoms with E-state index in [0.717, 1.165) is 13.0 Å². The summed E-state index contributed by atoms with van der Waals surface area (Å²) < 4.78 is 0. The summed E-state index contributed by atoms with van der Waals surface area (Å²) in [7, 11) is 0. The molecule has 0 bridgehead atoms. The van der Waals surface area contributed by atoms with Gasteiger partial charge in [-0.05, 0) is 32.1 Å². The van der Waals surface area contributed by atoms with Crippen molar-refractivity contribution in [3.05, 3.63) is 35.4 Å². The third kappa shape index (κ3) is 3.36. The predicted octanol–water partition coefficient (Wildman–Crippen LogP) is 2.96. The first kappa shape index (κ1) is 15.4. The topological polar surface area (TPSA) is 32.3 Å². The maximum absolute atomic E-state index is 12.3. The van der Waals surface area contributed by atoms with Crippen LogP contribution in [0.2, 0.25) is 0 Å². The summed E-state index contributed by atoms with van der Waals surface area (Å²) in [5.41, 5.74) is 2.41. The Morgan fingerprint density at radius 2 is 2.20 bits per heavy atom. The summed E-state index contributed by atoms with van der Waals surface area (Å²) >= 11 is 1.85. The minimum Gasteiger partial charge on any atom is -0.322 e. The largest absolute Gasteiger partial charge is 0.322 e. The van der Waals surface area contributed by atoms with Crippen LogP contribution in [-0.2, 0) is 4.79 Å². The Morgan fingerprint density at radius 1 is 1.45 bits per heavy atom. The van der Waals surface area contributed by atoms with Crippen LogP contribution in [-0.4, -0.2) is 34.9 Å². The van der Waals surface area contributed by atoms with Crippen LogP contribution in [0.4, 0.5) is 0 Å². The lowest BCUT2D eigenvalue weighted by Gasteiger charge is -2.26. The van der Waals surface area contributed by atoms with Crippen LogP contribution in [0.5, 0.6) is 0 Å². The molecule has 1 heterocycles. The number of hydrogen-bond donors (Lipinski definition) is 1. The Labute approximate surface area is 126 Å². The van der Waals surface area contributed by atoms with Crippen LogP contribution < -0.4 is 5.32 Å². The van der Waals surface area contributed by atoms with Crippen molar-refractivity contribution in [2.75, 3.05) is 12.8 Å². The molecule has 0 radical (unpaired) electrons. The number of benzene rings is 1. The van der Waals surface area contributed by atoms with E-state index in [1.165, 1.54) is 11.1 Å². The number of aryl methyl sites for hydroxylation is 1. The predicted molar refractivity (Wildman–Crippen MR) is 85.8 cm³/mol. The molecule has 0 aliphatic carbocycles. The molecule has 1 amide bonds. The first-order chi connectivity index (χ1) is 9.52. The molecule has 1 aromatic carbocycles. The van der Waals surface area contributed by atoms with Gasteiger partial charge in [0.05, 0.1) is 6.04 Å². The number of nitrogens with one attached hydrogen (secondary N) is 1. The van der Waals surface area contributed by atoms with Crippen molar-refractivity contribution in [2.24, 2.45) is 0 Å². The Balaban J connectivity index is 2.15. The Bertz CT molecular complexity index is 477. The van der Waals surface area contributed by atoms with Gasteiger partial charge in [-0.1, -0.05) is 36.8 Å². The van der Waals surface area contributed by atoms with Gasteiger partial charge >= 0.3 is 0 Å². The van der Waals surface area contributed by atoms with Crippen molar-refractivity contribution in [1.82, 2.24) is 10.2 Å². The molecule has 3 atom stereocenters. The van der Waals surface area contributed by atoms with Gasteiger partial charge in [-0.3, -0.25) is 10.1 Å². The zero-order chi connectivity index (χ0) is 14.7. The Kier molecular flexibility index (Phi) is 5.11. The molecule has 2 rings (SSSR count). The monoisotopic (exact) mass is 292 g/mol. The average Bonchev–Trinajstić information content (AvgIpc) is 2.72. The molecule has 20 heavy (non-hydrogen) atoms. The number of nitrogens with zero attached hydrogens (tertiary/aromatic N) is 1. The fourth-order valence-electron chi connectivity index (χ4n) is 2.57.